The summed E-state index contributed by atoms with van der Waals surface area (Å²) >= 11 is 0. The number of hydrogen-bond donors (Lipinski definition) is 1. The molecule has 3 rings (SSSR count). The number of nitrogens with zero attached hydrogens (tertiary/aromatic N) is 2. The van der Waals surface area contributed by atoms with Crippen molar-refractivity contribution in [2.24, 2.45) is 0 Å². The number of halogens is 1. The molecule has 0 bridgehead atoms. The van der Waals surface area contributed by atoms with Crippen LogP contribution >= 0.6 is 0 Å². The molecule has 0 aliphatic rings. The summed E-state index contributed by atoms with van der Waals surface area (Å²) in [7, 11) is -3.74. The molecule has 5 nitrogen and oxygen atoms in total. The van der Waals surface area contributed by atoms with Crippen molar-refractivity contribution in [3.63, 3.8) is 0 Å². The van der Waals surface area contributed by atoms with Gasteiger partial charge in [-0.2, -0.15) is 5.10 Å². The maximum Gasteiger partial charge on any atom is 0.244 e. The first-order valence-corrected chi connectivity index (χ1v) is 9.64. The van der Waals surface area contributed by atoms with Gasteiger partial charge >= 0.3 is 0 Å². The Bertz CT molecular complexity index is 1040. The Hall–Kier alpha value is -2.51. The Morgan fingerprint density at radius 2 is 1.69 bits per heavy atom. The Labute approximate surface area is 152 Å². The van der Waals surface area contributed by atoms with Crippen LogP contribution in [0, 0.1) is 26.6 Å². The molecule has 3 aromatic rings. The van der Waals surface area contributed by atoms with E-state index in [0.29, 0.717) is 17.1 Å². The Balaban J connectivity index is 1.93. The largest absolute Gasteiger partial charge is 0.244 e. The fraction of sp³-hybridized carbons (Fsp3) is 0.211. The van der Waals surface area contributed by atoms with Crippen LogP contribution in [0.5, 0.6) is 0 Å². The summed E-state index contributed by atoms with van der Waals surface area (Å²) in [6, 6.07) is 13.4. The molecule has 0 radical (unpaired) electrons. The highest BCUT2D eigenvalue weighted by Crippen LogP contribution is 2.23. The van der Waals surface area contributed by atoms with Crippen molar-refractivity contribution in [2.75, 3.05) is 0 Å². The first kappa shape index (κ1) is 18.3. The molecule has 0 saturated carbocycles. The molecular formula is C19H20FN3O2S. The van der Waals surface area contributed by atoms with Gasteiger partial charge in [-0.3, -0.25) is 0 Å². The lowest BCUT2D eigenvalue weighted by molar-refractivity contribution is 0.580. The molecule has 136 valence electrons. The predicted molar refractivity (Wildman–Crippen MR) is 98.2 cm³/mol. The third-order valence-electron chi connectivity index (χ3n) is 4.28. The Kier molecular flexibility index (Phi) is 4.93. The Morgan fingerprint density at radius 1 is 1.04 bits per heavy atom. The molecule has 0 saturated heterocycles. The van der Waals surface area contributed by atoms with Gasteiger partial charge in [-0.25, -0.2) is 22.2 Å². The summed E-state index contributed by atoms with van der Waals surface area (Å²) in [5.41, 5.74) is 3.41. The van der Waals surface area contributed by atoms with Crippen molar-refractivity contribution >= 4 is 10.0 Å². The van der Waals surface area contributed by atoms with Crippen molar-refractivity contribution < 1.29 is 12.8 Å². The molecule has 2 aromatic carbocycles. The number of rotatable bonds is 5. The predicted octanol–water partition coefficient (Wildman–Crippen LogP) is 3.42. The second-order valence-electron chi connectivity index (χ2n) is 6.14. The first-order valence-electron chi connectivity index (χ1n) is 8.16. The van der Waals surface area contributed by atoms with E-state index in [1.165, 1.54) is 16.8 Å². The van der Waals surface area contributed by atoms with E-state index >= 15 is 0 Å². The van der Waals surface area contributed by atoms with Crippen LogP contribution in [-0.4, -0.2) is 18.2 Å². The lowest BCUT2D eigenvalue weighted by Crippen LogP contribution is -2.24. The second kappa shape index (κ2) is 7.01. The van der Waals surface area contributed by atoms with Gasteiger partial charge in [0, 0.05) is 6.54 Å². The van der Waals surface area contributed by atoms with Crippen molar-refractivity contribution in [1.29, 1.82) is 0 Å². The molecule has 26 heavy (non-hydrogen) atoms. The minimum atomic E-state index is -3.74. The minimum absolute atomic E-state index is 0.149. The fourth-order valence-corrected chi connectivity index (χ4v) is 4.30. The maximum absolute atomic E-state index is 13.1. The molecule has 1 N–H and O–H groups in total. The van der Waals surface area contributed by atoms with Gasteiger partial charge in [-0.15, -0.1) is 0 Å². The van der Waals surface area contributed by atoms with E-state index in [9.17, 15) is 12.8 Å². The molecule has 0 fully saturated rings. The first-order chi connectivity index (χ1) is 12.3. The highest BCUT2D eigenvalue weighted by Gasteiger charge is 2.25. The highest BCUT2D eigenvalue weighted by molar-refractivity contribution is 7.89. The lowest BCUT2D eigenvalue weighted by Gasteiger charge is -2.10. The zero-order chi connectivity index (χ0) is 18.9. The average molecular weight is 373 g/mol. The zero-order valence-corrected chi connectivity index (χ0v) is 15.6. The second-order valence-corrected chi connectivity index (χ2v) is 7.84. The summed E-state index contributed by atoms with van der Waals surface area (Å²) in [5, 5.41) is 4.32. The fourth-order valence-electron chi connectivity index (χ4n) is 2.90. The summed E-state index contributed by atoms with van der Waals surface area (Å²) in [6.45, 7) is 5.48. The van der Waals surface area contributed by atoms with Crippen LogP contribution in [0.15, 0.2) is 53.4 Å². The minimum Gasteiger partial charge on any atom is -0.236 e. The van der Waals surface area contributed by atoms with E-state index in [2.05, 4.69) is 9.82 Å². The molecule has 1 heterocycles. The van der Waals surface area contributed by atoms with Crippen molar-refractivity contribution in [3.05, 3.63) is 76.9 Å². The van der Waals surface area contributed by atoms with Gasteiger partial charge in [0.15, 0.2) is 0 Å². The van der Waals surface area contributed by atoms with Crippen molar-refractivity contribution in [3.8, 4) is 5.69 Å². The molecular weight excluding hydrogens is 353 g/mol. The van der Waals surface area contributed by atoms with E-state index in [-0.39, 0.29) is 17.3 Å². The highest BCUT2D eigenvalue weighted by atomic mass is 32.2. The Morgan fingerprint density at radius 3 is 2.35 bits per heavy atom. The van der Waals surface area contributed by atoms with Crippen LogP contribution in [0.4, 0.5) is 4.39 Å². The molecule has 0 aliphatic heterocycles. The van der Waals surface area contributed by atoms with E-state index < -0.39 is 10.0 Å². The molecule has 7 heteroatoms. The normalized spacial score (nSPS) is 11.7. The number of benzene rings is 2. The molecule has 0 spiro atoms. The summed E-state index contributed by atoms with van der Waals surface area (Å²) < 4.78 is 43.0. The molecule has 0 aliphatic carbocycles. The van der Waals surface area contributed by atoms with Gasteiger partial charge in [0.1, 0.15) is 10.7 Å². The van der Waals surface area contributed by atoms with Gasteiger partial charge < -0.3 is 0 Å². The quantitative estimate of drug-likeness (QED) is 0.745. The number of sulfonamides is 1. The molecule has 0 atom stereocenters. The van der Waals surface area contributed by atoms with E-state index in [4.69, 9.17) is 0 Å². The van der Waals surface area contributed by atoms with Gasteiger partial charge in [0.2, 0.25) is 10.0 Å². The van der Waals surface area contributed by atoms with Gasteiger partial charge in [0.25, 0.3) is 0 Å². The summed E-state index contributed by atoms with van der Waals surface area (Å²) in [4.78, 5) is 0.149. The van der Waals surface area contributed by atoms with Crippen LogP contribution in [0.2, 0.25) is 0 Å². The van der Waals surface area contributed by atoms with E-state index in [1.807, 2.05) is 31.2 Å². The molecule has 1 aromatic heterocycles. The van der Waals surface area contributed by atoms with Crippen molar-refractivity contribution in [1.82, 2.24) is 14.5 Å². The van der Waals surface area contributed by atoms with Gasteiger partial charge in [-0.1, -0.05) is 24.3 Å². The van der Waals surface area contributed by atoms with Crippen LogP contribution in [0.1, 0.15) is 22.5 Å². The maximum atomic E-state index is 13.1. The number of nitrogens with one attached hydrogen (secondary N) is 1. The van der Waals surface area contributed by atoms with E-state index in [0.717, 1.165) is 11.1 Å². The standard InChI is InChI=1S/C19H20FN3O2S/c1-13-6-4-5-7-16(13)12-21-26(24,25)19-14(2)22-23(15(19)3)18-10-8-17(20)9-11-18/h4-11,21H,12H2,1-3H3. The summed E-state index contributed by atoms with van der Waals surface area (Å²) in [5.74, 6) is -0.358. The monoisotopic (exact) mass is 373 g/mol. The van der Waals surface area contributed by atoms with Crippen LogP contribution in [0.3, 0.4) is 0 Å². The number of aromatic nitrogens is 2. The zero-order valence-electron chi connectivity index (χ0n) is 14.8. The van der Waals surface area contributed by atoms with Crippen LogP contribution in [0.25, 0.3) is 5.69 Å². The number of aryl methyl sites for hydroxylation is 2. The van der Waals surface area contributed by atoms with Crippen molar-refractivity contribution in [2.45, 2.75) is 32.2 Å². The van der Waals surface area contributed by atoms with Crippen LogP contribution in [-0.2, 0) is 16.6 Å². The topological polar surface area (TPSA) is 64.0 Å². The summed E-state index contributed by atoms with van der Waals surface area (Å²) in [6.07, 6.45) is 0. The average Bonchev–Trinajstić information content (AvgIpc) is 2.90. The SMILES string of the molecule is Cc1ccccc1CNS(=O)(=O)c1c(C)nn(-c2ccc(F)cc2)c1C. The van der Waals surface area contributed by atoms with E-state index in [1.54, 1.807) is 26.0 Å². The third-order valence-corrected chi connectivity index (χ3v) is 5.93. The van der Waals surface area contributed by atoms with Crippen LogP contribution < -0.4 is 4.72 Å². The third kappa shape index (κ3) is 3.54. The number of hydrogen-bond acceptors (Lipinski definition) is 3. The molecule has 0 unspecified atom stereocenters. The molecule has 0 amide bonds. The van der Waals surface area contributed by atoms with Gasteiger partial charge in [-0.05, 0) is 56.2 Å². The lowest BCUT2D eigenvalue weighted by atomic mass is 10.1. The smallest absolute Gasteiger partial charge is 0.236 e. The van der Waals surface area contributed by atoms with Gasteiger partial charge in [0.05, 0.1) is 17.1 Å².